The number of hydrogen-bond donors (Lipinski definition) is 3. The Kier molecular flexibility index (Phi) is 5.64. The maximum atomic E-state index is 11.7. The number of thiophene rings is 2. The van der Waals surface area contributed by atoms with Crippen molar-refractivity contribution in [2.45, 2.75) is 18.9 Å². The molecule has 0 fully saturated rings. The predicted molar refractivity (Wildman–Crippen MR) is 88.3 cm³/mol. The second-order valence-corrected chi connectivity index (χ2v) is 7.43. The molecule has 0 aliphatic rings. The Hall–Kier alpha value is -1.08. The van der Waals surface area contributed by atoms with Gasteiger partial charge in [0.2, 0.25) is 0 Å². The van der Waals surface area contributed by atoms with E-state index in [0.717, 1.165) is 21.2 Å². The molecule has 0 bridgehead atoms. The Labute approximate surface area is 136 Å². The van der Waals surface area contributed by atoms with Crippen molar-refractivity contribution in [2.24, 2.45) is 0 Å². The number of halogens is 1. The van der Waals surface area contributed by atoms with Crippen LogP contribution in [0.4, 0.5) is 4.79 Å². The van der Waals surface area contributed by atoms with E-state index in [9.17, 15) is 9.90 Å². The maximum absolute atomic E-state index is 11.7. The Bertz CT molecular complexity index is 582. The van der Waals surface area contributed by atoms with Crippen LogP contribution in [-0.4, -0.2) is 24.2 Å². The fourth-order valence-electron chi connectivity index (χ4n) is 1.77. The van der Waals surface area contributed by atoms with Crippen molar-refractivity contribution >= 4 is 40.3 Å². The number of nitrogens with one attached hydrogen (secondary N) is 2. The second-order valence-electron chi connectivity index (χ2n) is 4.85. The summed E-state index contributed by atoms with van der Waals surface area (Å²) >= 11 is 8.87. The molecule has 2 heterocycles. The first-order valence-corrected chi connectivity index (χ1v) is 8.62. The van der Waals surface area contributed by atoms with Gasteiger partial charge in [0, 0.05) is 11.4 Å². The highest BCUT2D eigenvalue weighted by Crippen LogP contribution is 2.22. The van der Waals surface area contributed by atoms with Gasteiger partial charge in [-0.25, -0.2) is 4.79 Å². The molecule has 0 aliphatic carbocycles. The van der Waals surface area contributed by atoms with E-state index in [-0.39, 0.29) is 12.6 Å². The first-order chi connectivity index (χ1) is 9.97. The highest BCUT2D eigenvalue weighted by Gasteiger charge is 2.23. The molecule has 0 spiro atoms. The predicted octanol–water partition coefficient (Wildman–Crippen LogP) is 3.21. The minimum absolute atomic E-state index is 0.167. The summed E-state index contributed by atoms with van der Waals surface area (Å²) in [6, 6.07) is 5.37. The normalized spacial score (nSPS) is 13.7. The van der Waals surface area contributed by atoms with Crippen molar-refractivity contribution in [1.82, 2.24) is 10.6 Å². The van der Waals surface area contributed by atoms with Gasteiger partial charge in [0.05, 0.1) is 10.9 Å². The Morgan fingerprint density at radius 1 is 1.38 bits per heavy atom. The van der Waals surface area contributed by atoms with E-state index in [1.807, 2.05) is 29.0 Å². The number of carbonyl (C=O) groups excluding carboxylic acids is 1. The molecule has 2 aromatic heterocycles. The first-order valence-electron chi connectivity index (χ1n) is 6.48. The summed E-state index contributed by atoms with van der Waals surface area (Å²) in [6.07, 6.45) is 0.742. The van der Waals surface area contributed by atoms with Crippen molar-refractivity contribution in [3.8, 4) is 0 Å². The highest BCUT2D eigenvalue weighted by atomic mass is 35.5. The van der Waals surface area contributed by atoms with E-state index in [4.69, 9.17) is 11.6 Å². The molecule has 4 nitrogen and oxygen atoms in total. The zero-order chi connectivity index (χ0) is 15.3. The average Bonchev–Trinajstić information content (AvgIpc) is 3.08. The smallest absolute Gasteiger partial charge is 0.314 e. The summed E-state index contributed by atoms with van der Waals surface area (Å²) in [4.78, 5) is 12.8. The van der Waals surface area contributed by atoms with Gasteiger partial charge in [-0.1, -0.05) is 11.6 Å². The molecular weight excluding hydrogens is 328 g/mol. The molecule has 0 aromatic carbocycles. The van der Waals surface area contributed by atoms with E-state index in [1.165, 1.54) is 22.7 Å². The van der Waals surface area contributed by atoms with Crippen LogP contribution in [0.1, 0.15) is 17.4 Å². The molecule has 0 aliphatic heterocycles. The zero-order valence-electron chi connectivity index (χ0n) is 11.6. The van der Waals surface area contributed by atoms with Crippen LogP contribution in [-0.2, 0) is 12.0 Å². The van der Waals surface area contributed by atoms with Crippen LogP contribution in [0.3, 0.4) is 0 Å². The van der Waals surface area contributed by atoms with Crippen LogP contribution >= 0.6 is 34.3 Å². The lowest BCUT2D eigenvalue weighted by Gasteiger charge is -2.22. The van der Waals surface area contributed by atoms with Gasteiger partial charge in [-0.15, -0.1) is 11.3 Å². The largest absolute Gasteiger partial charge is 0.384 e. The molecule has 21 heavy (non-hydrogen) atoms. The summed E-state index contributed by atoms with van der Waals surface area (Å²) < 4.78 is 0.751. The quantitative estimate of drug-likeness (QED) is 0.753. The summed E-state index contributed by atoms with van der Waals surface area (Å²) in [5.41, 5.74) is -0.250. The number of hydrogen-bond acceptors (Lipinski definition) is 4. The van der Waals surface area contributed by atoms with E-state index in [1.54, 1.807) is 6.92 Å². The third kappa shape index (κ3) is 5.00. The molecule has 1 atom stereocenters. The molecule has 0 saturated heterocycles. The van der Waals surface area contributed by atoms with Gasteiger partial charge in [-0.05, 0) is 47.9 Å². The molecule has 3 N–H and O–H groups in total. The molecule has 114 valence electrons. The van der Waals surface area contributed by atoms with Gasteiger partial charge in [0.25, 0.3) is 0 Å². The Morgan fingerprint density at radius 2 is 2.19 bits per heavy atom. The van der Waals surface area contributed by atoms with Gasteiger partial charge in [-0.2, -0.15) is 11.3 Å². The molecule has 2 rings (SSSR count). The number of amides is 2. The van der Waals surface area contributed by atoms with E-state index < -0.39 is 5.60 Å². The van der Waals surface area contributed by atoms with Gasteiger partial charge < -0.3 is 15.7 Å². The van der Waals surface area contributed by atoms with Crippen molar-refractivity contribution in [2.75, 3.05) is 13.1 Å². The average molecular weight is 345 g/mol. The van der Waals surface area contributed by atoms with Crippen LogP contribution < -0.4 is 10.6 Å². The number of urea groups is 1. The monoisotopic (exact) mass is 344 g/mol. The second kappa shape index (κ2) is 7.26. The topological polar surface area (TPSA) is 61.4 Å². The van der Waals surface area contributed by atoms with Crippen molar-refractivity contribution < 1.29 is 9.90 Å². The minimum Gasteiger partial charge on any atom is -0.384 e. The van der Waals surface area contributed by atoms with Crippen molar-refractivity contribution in [3.05, 3.63) is 43.7 Å². The molecule has 2 amide bonds. The lowest BCUT2D eigenvalue weighted by Crippen LogP contribution is -2.43. The van der Waals surface area contributed by atoms with Crippen molar-refractivity contribution in [1.29, 1.82) is 0 Å². The fraction of sp³-hybridized carbons (Fsp3) is 0.357. The lowest BCUT2D eigenvalue weighted by atomic mass is 9.99. The molecule has 0 saturated carbocycles. The van der Waals surface area contributed by atoms with Crippen LogP contribution in [0.25, 0.3) is 0 Å². The Morgan fingerprint density at radius 3 is 2.81 bits per heavy atom. The third-order valence-electron chi connectivity index (χ3n) is 3.02. The maximum Gasteiger partial charge on any atom is 0.314 e. The van der Waals surface area contributed by atoms with Crippen LogP contribution in [0.5, 0.6) is 0 Å². The molecule has 7 heteroatoms. The first kappa shape index (κ1) is 16.3. The van der Waals surface area contributed by atoms with Crippen molar-refractivity contribution in [3.63, 3.8) is 0 Å². The number of carbonyl (C=O) groups is 1. The van der Waals surface area contributed by atoms with Crippen LogP contribution in [0.2, 0.25) is 4.34 Å². The van der Waals surface area contributed by atoms with Gasteiger partial charge in [-0.3, -0.25) is 0 Å². The van der Waals surface area contributed by atoms with E-state index in [2.05, 4.69) is 10.6 Å². The van der Waals surface area contributed by atoms with Gasteiger partial charge in [0.15, 0.2) is 0 Å². The Balaban J connectivity index is 1.70. The van der Waals surface area contributed by atoms with Gasteiger partial charge in [0.1, 0.15) is 5.60 Å². The van der Waals surface area contributed by atoms with Crippen LogP contribution in [0.15, 0.2) is 29.0 Å². The van der Waals surface area contributed by atoms with E-state index in [0.29, 0.717) is 6.54 Å². The summed E-state index contributed by atoms with van der Waals surface area (Å²) in [7, 11) is 0. The molecule has 1 unspecified atom stereocenters. The summed E-state index contributed by atoms with van der Waals surface area (Å²) in [5, 5.41) is 19.5. The zero-order valence-corrected chi connectivity index (χ0v) is 13.9. The molecule has 0 radical (unpaired) electrons. The standard InChI is InChI=1S/C14H17ClN2O2S2/c1-14(19,10-5-7-20-8-10)9-17-13(18)16-6-4-11-2-3-12(15)21-11/h2-3,5,7-8,19H,4,6,9H2,1H3,(H2,16,17,18). The summed E-state index contributed by atoms with van der Waals surface area (Å²) in [5.74, 6) is 0. The fourth-order valence-corrected chi connectivity index (χ4v) is 3.64. The number of aliphatic hydroxyl groups is 1. The SMILES string of the molecule is CC(O)(CNC(=O)NCCc1ccc(Cl)s1)c1ccsc1. The van der Waals surface area contributed by atoms with Crippen LogP contribution in [0, 0.1) is 0 Å². The van der Waals surface area contributed by atoms with E-state index >= 15 is 0 Å². The minimum atomic E-state index is -1.06. The third-order valence-corrected chi connectivity index (χ3v) is 5.00. The highest BCUT2D eigenvalue weighted by molar-refractivity contribution is 7.16. The number of rotatable bonds is 6. The summed E-state index contributed by atoms with van der Waals surface area (Å²) in [6.45, 7) is 2.38. The molecule has 2 aromatic rings. The molecular formula is C14H17ClN2O2S2. The lowest BCUT2D eigenvalue weighted by molar-refractivity contribution is 0.0598. The van der Waals surface area contributed by atoms with Gasteiger partial charge >= 0.3 is 6.03 Å².